The minimum absolute atomic E-state index is 0.00972. The minimum atomic E-state index is -0.482. The third kappa shape index (κ3) is 2.98. The van der Waals surface area contributed by atoms with Crippen molar-refractivity contribution in [3.8, 4) is 0 Å². The summed E-state index contributed by atoms with van der Waals surface area (Å²) in [5.41, 5.74) is 1.25. The van der Waals surface area contributed by atoms with Crippen molar-refractivity contribution in [3.05, 3.63) is 59.9 Å². The topological polar surface area (TPSA) is 54.9 Å². The Hall–Kier alpha value is -2.30. The molecule has 114 valence electrons. The van der Waals surface area contributed by atoms with Crippen molar-refractivity contribution in [1.29, 1.82) is 0 Å². The lowest BCUT2D eigenvalue weighted by atomic mass is 9.94. The van der Waals surface area contributed by atoms with Gasteiger partial charge in [-0.05, 0) is 37.5 Å². The largest absolute Gasteiger partial charge is 0.352 e. The van der Waals surface area contributed by atoms with Crippen LogP contribution in [0.15, 0.2) is 42.9 Å². The van der Waals surface area contributed by atoms with E-state index in [-0.39, 0.29) is 17.8 Å². The van der Waals surface area contributed by atoms with E-state index in [2.05, 4.69) is 15.3 Å². The molecule has 0 radical (unpaired) electrons. The summed E-state index contributed by atoms with van der Waals surface area (Å²) in [5, 5.41) is 3.04. The zero-order chi connectivity index (χ0) is 15.6. The maximum Gasteiger partial charge on any atom is 0.230 e. The fourth-order valence-corrected chi connectivity index (χ4v) is 2.70. The lowest BCUT2D eigenvalue weighted by Crippen LogP contribution is -2.41. The van der Waals surface area contributed by atoms with Crippen LogP contribution in [-0.4, -0.2) is 21.9 Å². The van der Waals surface area contributed by atoms with Crippen molar-refractivity contribution in [1.82, 2.24) is 15.3 Å². The summed E-state index contributed by atoms with van der Waals surface area (Å²) in [6, 6.07) is 6.20. The molecule has 1 aliphatic carbocycles. The van der Waals surface area contributed by atoms with E-state index in [9.17, 15) is 9.18 Å². The van der Waals surface area contributed by atoms with Gasteiger partial charge in [-0.25, -0.2) is 4.39 Å². The molecule has 1 saturated carbocycles. The van der Waals surface area contributed by atoms with Crippen molar-refractivity contribution in [2.45, 2.75) is 37.6 Å². The third-order valence-corrected chi connectivity index (χ3v) is 4.09. The average Bonchev–Trinajstić information content (AvgIpc) is 3.30. The maximum atomic E-state index is 13.0. The lowest BCUT2D eigenvalue weighted by Gasteiger charge is -2.20. The molecule has 3 rings (SSSR count). The van der Waals surface area contributed by atoms with Gasteiger partial charge in [0, 0.05) is 31.1 Å². The Balaban J connectivity index is 1.65. The third-order valence-electron chi connectivity index (χ3n) is 4.09. The van der Waals surface area contributed by atoms with Gasteiger partial charge >= 0.3 is 0 Å². The Morgan fingerprint density at radius 3 is 2.64 bits per heavy atom. The highest BCUT2D eigenvalue weighted by molar-refractivity contribution is 5.91. The molecule has 1 aliphatic rings. The monoisotopic (exact) mass is 299 g/mol. The van der Waals surface area contributed by atoms with Crippen LogP contribution in [-0.2, 0) is 16.6 Å². The van der Waals surface area contributed by atoms with Crippen molar-refractivity contribution < 1.29 is 9.18 Å². The van der Waals surface area contributed by atoms with Crippen LogP contribution in [0.25, 0.3) is 0 Å². The number of rotatable bonds is 5. The van der Waals surface area contributed by atoms with Crippen molar-refractivity contribution in [3.63, 3.8) is 0 Å². The number of hydrogen-bond donors (Lipinski definition) is 1. The molecular formula is C17H18FN3O. The van der Waals surface area contributed by atoms with Gasteiger partial charge in [-0.15, -0.1) is 0 Å². The number of nitrogens with zero attached hydrogens (tertiary/aromatic N) is 2. The van der Waals surface area contributed by atoms with Gasteiger partial charge in [-0.3, -0.25) is 14.8 Å². The smallest absolute Gasteiger partial charge is 0.230 e. The van der Waals surface area contributed by atoms with Crippen LogP contribution >= 0.6 is 0 Å². The Labute approximate surface area is 128 Å². The molecule has 5 heteroatoms. The molecular weight excluding hydrogens is 281 g/mol. The van der Waals surface area contributed by atoms with E-state index in [0.717, 1.165) is 24.1 Å². The number of benzene rings is 1. The van der Waals surface area contributed by atoms with E-state index >= 15 is 0 Å². The standard InChI is InChI=1S/C17H18FN3O/c1-12(10-15-11-19-8-9-20-15)21-16(22)17(6-7-17)13-2-4-14(18)5-3-13/h2-5,8-9,11-12H,6-7,10H2,1H3,(H,21,22). The predicted octanol–water partition coefficient (Wildman–Crippen LogP) is 2.39. The van der Waals surface area contributed by atoms with E-state index in [0.29, 0.717) is 6.42 Å². The number of amides is 1. The SMILES string of the molecule is CC(Cc1cnccn1)NC(=O)C1(c2ccc(F)cc2)CC1. The van der Waals surface area contributed by atoms with Gasteiger partial charge in [-0.1, -0.05) is 12.1 Å². The predicted molar refractivity (Wildman–Crippen MR) is 80.7 cm³/mol. The van der Waals surface area contributed by atoms with E-state index in [1.165, 1.54) is 12.1 Å². The first-order valence-corrected chi connectivity index (χ1v) is 7.42. The first-order valence-electron chi connectivity index (χ1n) is 7.42. The van der Waals surface area contributed by atoms with Gasteiger partial charge in [0.25, 0.3) is 0 Å². The quantitative estimate of drug-likeness (QED) is 0.922. The molecule has 1 unspecified atom stereocenters. The Morgan fingerprint density at radius 2 is 2.05 bits per heavy atom. The minimum Gasteiger partial charge on any atom is -0.352 e. The van der Waals surface area contributed by atoms with Gasteiger partial charge in [0.05, 0.1) is 11.1 Å². The van der Waals surface area contributed by atoms with Crippen LogP contribution in [0.4, 0.5) is 4.39 Å². The van der Waals surface area contributed by atoms with Crippen molar-refractivity contribution in [2.75, 3.05) is 0 Å². The first-order chi connectivity index (χ1) is 10.6. The molecule has 1 atom stereocenters. The van der Waals surface area contributed by atoms with E-state index < -0.39 is 5.41 Å². The highest BCUT2D eigenvalue weighted by Gasteiger charge is 2.51. The zero-order valence-electron chi connectivity index (χ0n) is 12.4. The molecule has 4 nitrogen and oxygen atoms in total. The Morgan fingerprint density at radius 1 is 1.32 bits per heavy atom. The highest BCUT2D eigenvalue weighted by Crippen LogP contribution is 2.48. The van der Waals surface area contributed by atoms with Crippen LogP contribution in [0.5, 0.6) is 0 Å². The molecule has 1 aromatic carbocycles. The second kappa shape index (κ2) is 5.83. The summed E-state index contributed by atoms with van der Waals surface area (Å²) in [4.78, 5) is 20.8. The van der Waals surface area contributed by atoms with E-state index in [1.54, 1.807) is 30.7 Å². The van der Waals surface area contributed by atoms with Gasteiger partial charge in [0.15, 0.2) is 0 Å². The second-order valence-corrected chi connectivity index (χ2v) is 5.86. The highest BCUT2D eigenvalue weighted by atomic mass is 19.1. The summed E-state index contributed by atoms with van der Waals surface area (Å²) in [6.45, 7) is 1.95. The lowest BCUT2D eigenvalue weighted by molar-refractivity contribution is -0.124. The van der Waals surface area contributed by atoms with E-state index in [4.69, 9.17) is 0 Å². The summed E-state index contributed by atoms with van der Waals surface area (Å²) < 4.78 is 13.0. The Bertz CT molecular complexity index is 653. The molecule has 0 bridgehead atoms. The van der Waals surface area contributed by atoms with Crippen molar-refractivity contribution >= 4 is 5.91 Å². The molecule has 0 aliphatic heterocycles. The van der Waals surface area contributed by atoms with Gasteiger partial charge in [0.1, 0.15) is 5.82 Å². The zero-order valence-corrected chi connectivity index (χ0v) is 12.4. The summed E-state index contributed by atoms with van der Waals surface area (Å²) >= 11 is 0. The normalized spacial score (nSPS) is 16.8. The molecule has 1 amide bonds. The Kier molecular flexibility index (Phi) is 3.88. The fraction of sp³-hybridized carbons (Fsp3) is 0.353. The van der Waals surface area contributed by atoms with Crippen LogP contribution in [0.2, 0.25) is 0 Å². The summed E-state index contributed by atoms with van der Waals surface area (Å²) in [6.07, 6.45) is 7.23. The van der Waals surface area contributed by atoms with Crippen LogP contribution in [0.1, 0.15) is 31.0 Å². The summed E-state index contributed by atoms with van der Waals surface area (Å²) in [5.74, 6) is -0.272. The summed E-state index contributed by atoms with van der Waals surface area (Å²) in [7, 11) is 0. The van der Waals surface area contributed by atoms with Crippen molar-refractivity contribution in [2.24, 2.45) is 0 Å². The number of hydrogen-bond acceptors (Lipinski definition) is 3. The molecule has 22 heavy (non-hydrogen) atoms. The van der Waals surface area contributed by atoms with Crippen LogP contribution in [0.3, 0.4) is 0 Å². The maximum absolute atomic E-state index is 13.0. The van der Waals surface area contributed by atoms with Gasteiger partial charge in [0.2, 0.25) is 5.91 Å². The van der Waals surface area contributed by atoms with Gasteiger partial charge < -0.3 is 5.32 Å². The molecule has 1 heterocycles. The number of carbonyl (C=O) groups excluding carboxylic acids is 1. The molecule has 1 aromatic heterocycles. The molecule has 0 spiro atoms. The van der Waals surface area contributed by atoms with Crippen LogP contribution in [0, 0.1) is 5.82 Å². The van der Waals surface area contributed by atoms with Crippen LogP contribution < -0.4 is 5.32 Å². The number of aromatic nitrogens is 2. The molecule has 0 saturated heterocycles. The van der Waals surface area contributed by atoms with E-state index in [1.807, 2.05) is 6.92 Å². The number of halogens is 1. The van der Waals surface area contributed by atoms with Gasteiger partial charge in [-0.2, -0.15) is 0 Å². The fourth-order valence-electron chi connectivity index (χ4n) is 2.70. The first kappa shape index (κ1) is 14.6. The molecule has 1 N–H and O–H groups in total. The molecule has 2 aromatic rings. The number of carbonyl (C=O) groups is 1. The second-order valence-electron chi connectivity index (χ2n) is 5.86. The average molecular weight is 299 g/mol. The number of nitrogens with one attached hydrogen (secondary N) is 1. The molecule has 1 fully saturated rings.